The second kappa shape index (κ2) is 6.48. The van der Waals surface area contributed by atoms with Crippen molar-refractivity contribution in [2.45, 2.75) is 63.5 Å². The summed E-state index contributed by atoms with van der Waals surface area (Å²) in [4.78, 5) is 17.7. The Balaban J connectivity index is 1.31. The molecule has 0 aliphatic carbocycles. The minimum atomic E-state index is 0.179. The highest BCUT2D eigenvalue weighted by atomic mass is 16.2. The van der Waals surface area contributed by atoms with Crippen LogP contribution in [0.25, 0.3) is 0 Å². The molecule has 1 N–H and O–H groups in total. The number of nitrogens with one attached hydrogen (secondary N) is 1. The molecule has 22 heavy (non-hydrogen) atoms. The van der Waals surface area contributed by atoms with Crippen molar-refractivity contribution in [3.8, 4) is 0 Å². The lowest BCUT2D eigenvalue weighted by atomic mass is 9.82. The predicted molar refractivity (Wildman–Crippen MR) is 87.6 cm³/mol. The van der Waals surface area contributed by atoms with E-state index in [2.05, 4.69) is 15.1 Å². The molecule has 0 aromatic heterocycles. The predicted octanol–water partition coefficient (Wildman–Crippen LogP) is 1.85. The number of nitrogens with zero attached hydrogens (tertiary/aromatic N) is 2. The van der Waals surface area contributed by atoms with Crippen molar-refractivity contribution in [2.24, 2.45) is 11.8 Å². The Bertz CT molecular complexity index is 403. The van der Waals surface area contributed by atoms with Gasteiger partial charge in [-0.1, -0.05) is 6.42 Å². The molecule has 124 valence electrons. The summed E-state index contributed by atoms with van der Waals surface area (Å²) in [5.74, 6) is 1.82. The molecule has 4 nitrogen and oxygen atoms in total. The largest absolute Gasteiger partial charge is 0.354 e. The van der Waals surface area contributed by atoms with E-state index in [1.54, 1.807) is 0 Å². The van der Waals surface area contributed by atoms with Gasteiger partial charge in [0.25, 0.3) is 0 Å². The number of carbonyl (C=O) groups excluding carboxylic acids is 1. The Morgan fingerprint density at radius 1 is 0.909 bits per heavy atom. The summed E-state index contributed by atoms with van der Waals surface area (Å²) in [6, 6.07) is 0.921. The maximum atomic E-state index is 12.6. The molecule has 4 heteroatoms. The SMILES string of the molecule is O=C(NCC1CCCN2CCCCC12)C1CC2CCN1CC2. The van der Waals surface area contributed by atoms with Crippen molar-refractivity contribution >= 4 is 5.91 Å². The van der Waals surface area contributed by atoms with Crippen molar-refractivity contribution < 1.29 is 4.79 Å². The van der Waals surface area contributed by atoms with E-state index in [1.165, 1.54) is 58.0 Å². The summed E-state index contributed by atoms with van der Waals surface area (Å²) in [5.41, 5.74) is 0. The van der Waals surface area contributed by atoms with Crippen LogP contribution in [0.15, 0.2) is 0 Å². The van der Waals surface area contributed by atoms with Gasteiger partial charge >= 0.3 is 0 Å². The van der Waals surface area contributed by atoms with Gasteiger partial charge in [-0.25, -0.2) is 0 Å². The first-order valence-corrected chi connectivity index (χ1v) is 9.57. The van der Waals surface area contributed by atoms with Crippen LogP contribution in [0.1, 0.15) is 51.4 Å². The molecule has 5 saturated heterocycles. The van der Waals surface area contributed by atoms with Crippen LogP contribution in [0.4, 0.5) is 0 Å². The fourth-order valence-electron chi connectivity index (χ4n) is 5.40. The lowest BCUT2D eigenvalue weighted by Gasteiger charge is -2.46. The molecule has 3 unspecified atom stereocenters. The summed E-state index contributed by atoms with van der Waals surface area (Å²) >= 11 is 0. The Hall–Kier alpha value is -0.610. The van der Waals surface area contributed by atoms with Crippen molar-refractivity contribution in [1.29, 1.82) is 0 Å². The van der Waals surface area contributed by atoms with Crippen LogP contribution in [-0.2, 0) is 4.79 Å². The van der Waals surface area contributed by atoms with Crippen LogP contribution in [-0.4, -0.2) is 60.5 Å². The monoisotopic (exact) mass is 305 g/mol. The molecule has 0 aromatic rings. The summed E-state index contributed by atoms with van der Waals surface area (Å²) in [7, 11) is 0. The maximum absolute atomic E-state index is 12.6. The van der Waals surface area contributed by atoms with Crippen LogP contribution in [0.2, 0.25) is 0 Å². The van der Waals surface area contributed by atoms with E-state index in [0.29, 0.717) is 11.8 Å². The number of carbonyl (C=O) groups is 1. The number of fused-ring (bicyclic) bond motifs is 4. The fourth-order valence-corrected chi connectivity index (χ4v) is 5.40. The summed E-state index contributed by atoms with van der Waals surface area (Å²) in [6.07, 6.45) is 10.4. The molecule has 0 radical (unpaired) electrons. The van der Waals surface area contributed by atoms with Crippen molar-refractivity contribution in [3.63, 3.8) is 0 Å². The Kier molecular flexibility index (Phi) is 4.40. The first-order chi connectivity index (χ1) is 10.8. The number of rotatable bonds is 3. The zero-order chi connectivity index (χ0) is 14.9. The molecular formula is C18H31N3O. The highest BCUT2D eigenvalue weighted by Gasteiger charge is 2.38. The van der Waals surface area contributed by atoms with Crippen LogP contribution in [0, 0.1) is 11.8 Å². The number of amides is 1. The van der Waals surface area contributed by atoms with E-state index in [1.807, 2.05) is 0 Å². The van der Waals surface area contributed by atoms with Gasteiger partial charge in [-0.05, 0) is 83.0 Å². The van der Waals surface area contributed by atoms with Gasteiger partial charge < -0.3 is 10.2 Å². The van der Waals surface area contributed by atoms with E-state index in [4.69, 9.17) is 0 Å². The average Bonchev–Trinajstić information content (AvgIpc) is 2.60. The van der Waals surface area contributed by atoms with Gasteiger partial charge in [-0.2, -0.15) is 0 Å². The molecule has 5 aliphatic rings. The maximum Gasteiger partial charge on any atom is 0.237 e. The van der Waals surface area contributed by atoms with Gasteiger partial charge in [-0.15, -0.1) is 0 Å². The first kappa shape index (κ1) is 14.9. The van der Waals surface area contributed by atoms with E-state index >= 15 is 0 Å². The molecule has 5 fully saturated rings. The molecule has 0 aromatic carbocycles. The Morgan fingerprint density at radius 2 is 1.73 bits per heavy atom. The number of piperidine rings is 5. The summed E-state index contributed by atoms with van der Waals surface area (Å²) < 4.78 is 0. The Morgan fingerprint density at radius 3 is 2.50 bits per heavy atom. The number of hydrogen-bond acceptors (Lipinski definition) is 3. The molecular weight excluding hydrogens is 274 g/mol. The second-order valence-corrected chi connectivity index (χ2v) is 7.98. The van der Waals surface area contributed by atoms with Gasteiger partial charge in [0.2, 0.25) is 5.91 Å². The second-order valence-electron chi connectivity index (χ2n) is 7.98. The van der Waals surface area contributed by atoms with Gasteiger partial charge in [-0.3, -0.25) is 9.69 Å². The molecule has 0 spiro atoms. The summed E-state index contributed by atoms with van der Waals surface area (Å²) in [5, 5.41) is 3.33. The van der Waals surface area contributed by atoms with E-state index in [9.17, 15) is 4.79 Å². The fraction of sp³-hybridized carbons (Fsp3) is 0.944. The minimum Gasteiger partial charge on any atom is -0.354 e. The standard InChI is InChI=1S/C18H31N3O/c22-18(17-12-14-6-10-21(17)11-7-14)19-13-15-4-3-9-20-8-2-1-5-16(15)20/h14-17H,1-13H2,(H,19,22). The highest BCUT2D eigenvalue weighted by molar-refractivity contribution is 5.82. The van der Waals surface area contributed by atoms with Gasteiger partial charge in [0, 0.05) is 12.6 Å². The van der Waals surface area contributed by atoms with Crippen LogP contribution in [0.3, 0.4) is 0 Å². The van der Waals surface area contributed by atoms with Crippen molar-refractivity contribution in [2.75, 3.05) is 32.7 Å². The van der Waals surface area contributed by atoms with E-state index in [0.717, 1.165) is 38.0 Å². The van der Waals surface area contributed by atoms with E-state index < -0.39 is 0 Å². The zero-order valence-corrected chi connectivity index (χ0v) is 13.8. The van der Waals surface area contributed by atoms with Crippen molar-refractivity contribution in [3.05, 3.63) is 0 Å². The van der Waals surface area contributed by atoms with Gasteiger partial charge in [0.15, 0.2) is 0 Å². The van der Waals surface area contributed by atoms with Gasteiger partial charge in [0.1, 0.15) is 0 Å². The minimum absolute atomic E-state index is 0.179. The van der Waals surface area contributed by atoms with Crippen LogP contribution >= 0.6 is 0 Å². The third-order valence-electron chi connectivity index (χ3n) is 6.72. The molecule has 5 heterocycles. The molecule has 5 rings (SSSR count). The third kappa shape index (κ3) is 2.92. The average molecular weight is 305 g/mol. The molecule has 2 bridgehead atoms. The van der Waals surface area contributed by atoms with Crippen molar-refractivity contribution in [1.82, 2.24) is 15.1 Å². The topological polar surface area (TPSA) is 35.6 Å². The lowest BCUT2D eigenvalue weighted by molar-refractivity contribution is -0.131. The smallest absolute Gasteiger partial charge is 0.237 e. The lowest BCUT2D eigenvalue weighted by Crippen LogP contribution is -2.57. The Labute approximate surface area is 134 Å². The first-order valence-electron chi connectivity index (χ1n) is 9.57. The van der Waals surface area contributed by atoms with Gasteiger partial charge in [0.05, 0.1) is 6.04 Å². The third-order valence-corrected chi connectivity index (χ3v) is 6.72. The summed E-state index contributed by atoms with van der Waals surface area (Å²) in [6.45, 7) is 5.76. The molecule has 0 saturated carbocycles. The molecule has 3 atom stereocenters. The van der Waals surface area contributed by atoms with Crippen LogP contribution < -0.4 is 5.32 Å². The quantitative estimate of drug-likeness (QED) is 0.864. The molecule has 5 aliphatic heterocycles. The number of hydrogen-bond donors (Lipinski definition) is 1. The van der Waals surface area contributed by atoms with E-state index in [-0.39, 0.29) is 6.04 Å². The zero-order valence-electron chi connectivity index (χ0n) is 13.8. The normalized spacial score (nSPS) is 41.9. The van der Waals surface area contributed by atoms with Crippen LogP contribution in [0.5, 0.6) is 0 Å². The molecule has 1 amide bonds. The highest BCUT2D eigenvalue weighted by Crippen LogP contribution is 2.33.